The summed E-state index contributed by atoms with van der Waals surface area (Å²) in [6.07, 6.45) is 1.79. The molecular weight excluding hydrogens is 376 g/mol. The third-order valence-electron chi connectivity index (χ3n) is 5.38. The molecule has 0 unspecified atom stereocenters. The van der Waals surface area contributed by atoms with Crippen LogP contribution in [0.15, 0.2) is 36.4 Å². The van der Waals surface area contributed by atoms with Crippen LogP contribution in [0, 0.1) is 0 Å². The van der Waals surface area contributed by atoms with Crippen molar-refractivity contribution >= 4 is 29.0 Å². The van der Waals surface area contributed by atoms with E-state index in [0.29, 0.717) is 22.7 Å². The van der Waals surface area contributed by atoms with Crippen molar-refractivity contribution in [1.29, 1.82) is 0 Å². The molecule has 1 amide bonds. The van der Waals surface area contributed by atoms with Crippen LogP contribution in [-0.2, 0) is 9.53 Å². The summed E-state index contributed by atoms with van der Waals surface area (Å²) in [4.78, 5) is 39.1. The summed E-state index contributed by atoms with van der Waals surface area (Å²) in [5.41, 5.74) is 2.14. The van der Waals surface area contributed by atoms with Gasteiger partial charge >= 0.3 is 5.97 Å². The van der Waals surface area contributed by atoms with Crippen molar-refractivity contribution in [3.8, 4) is 11.5 Å². The highest BCUT2D eigenvalue weighted by Crippen LogP contribution is 2.37. The second kappa shape index (κ2) is 6.80. The van der Waals surface area contributed by atoms with Crippen LogP contribution in [-0.4, -0.2) is 43.6 Å². The Morgan fingerprint density at radius 3 is 2.83 bits per heavy atom. The number of hydrogen-bond acceptors (Lipinski definition) is 7. The fourth-order valence-corrected chi connectivity index (χ4v) is 3.92. The lowest BCUT2D eigenvalue weighted by Crippen LogP contribution is -2.43. The second-order valence-corrected chi connectivity index (χ2v) is 7.14. The van der Waals surface area contributed by atoms with Crippen molar-refractivity contribution in [2.24, 2.45) is 0 Å². The van der Waals surface area contributed by atoms with Crippen molar-refractivity contribution in [1.82, 2.24) is 0 Å². The van der Waals surface area contributed by atoms with Gasteiger partial charge in [0, 0.05) is 12.1 Å². The zero-order valence-electron chi connectivity index (χ0n) is 15.5. The predicted molar refractivity (Wildman–Crippen MR) is 103 cm³/mol. The highest BCUT2D eigenvalue weighted by atomic mass is 16.7. The first kappa shape index (κ1) is 17.5. The van der Waals surface area contributed by atoms with E-state index in [9.17, 15) is 14.4 Å². The normalized spacial score (nSPS) is 18.7. The molecule has 148 valence electrons. The van der Waals surface area contributed by atoms with Crippen LogP contribution < -0.4 is 19.7 Å². The van der Waals surface area contributed by atoms with Crippen LogP contribution in [0.5, 0.6) is 11.5 Å². The van der Waals surface area contributed by atoms with Crippen LogP contribution in [0.4, 0.5) is 11.4 Å². The van der Waals surface area contributed by atoms with Crippen molar-refractivity contribution in [3.05, 3.63) is 47.5 Å². The van der Waals surface area contributed by atoms with Gasteiger partial charge < -0.3 is 24.4 Å². The van der Waals surface area contributed by atoms with Gasteiger partial charge in [0.2, 0.25) is 12.7 Å². The summed E-state index contributed by atoms with van der Waals surface area (Å²) in [7, 11) is 0. The maximum atomic E-state index is 12.4. The SMILES string of the molecule is O=C(COC(=O)c1ccc2c(c1)NC(=O)[C@H]1CCCN21)c1ccc2c(c1)OCO2. The molecule has 0 aromatic heterocycles. The van der Waals surface area contributed by atoms with Gasteiger partial charge in [0.05, 0.1) is 16.9 Å². The van der Waals surface area contributed by atoms with Crippen molar-refractivity contribution < 1.29 is 28.6 Å². The van der Waals surface area contributed by atoms with Crippen molar-refractivity contribution in [3.63, 3.8) is 0 Å². The molecule has 0 spiro atoms. The third kappa shape index (κ3) is 3.06. The fraction of sp³-hybridized carbons (Fsp3) is 0.286. The number of nitrogens with one attached hydrogen (secondary N) is 1. The molecule has 2 aromatic rings. The first-order valence-electron chi connectivity index (χ1n) is 9.42. The Bertz CT molecular complexity index is 1030. The Labute approximate surface area is 166 Å². The van der Waals surface area contributed by atoms with Gasteiger partial charge in [-0.15, -0.1) is 0 Å². The average molecular weight is 394 g/mol. The van der Waals surface area contributed by atoms with Gasteiger partial charge in [-0.3, -0.25) is 9.59 Å². The summed E-state index contributed by atoms with van der Waals surface area (Å²) in [6.45, 7) is 0.546. The molecule has 3 heterocycles. The van der Waals surface area contributed by atoms with Crippen molar-refractivity contribution in [2.75, 3.05) is 30.2 Å². The molecule has 0 bridgehead atoms. The van der Waals surface area contributed by atoms with E-state index in [0.717, 1.165) is 25.1 Å². The Hall–Kier alpha value is -3.55. The van der Waals surface area contributed by atoms with Gasteiger partial charge in [0.15, 0.2) is 23.9 Å². The monoisotopic (exact) mass is 394 g/mol. The largest absolute Gasteiger partial charge is 0.454 e. The molecular formula is C21H18N2O6. The Kier molecular flexibility index (Phi) is 4.12. The highest BCUT2D eigenvalue weighted by Gasteiger charge is 2.36. The van der Waals surface area contributed by atoms with Gasteiger partial charge in [0.25, 0.3) is 0 Å². The van der Waals surface area contributed by atoms with Crippen LogP contribution in [0.25, 0.3) is 0 Å². The first-order valence-corrected chi connectivity index (χ1v) is 9.42. The minimum absolute atomic E-state index is 0.0569. The number of benzene rings is 2. The van der Waals surface area contributed by atoms with E-state index in [1.165, 1.54) is 0 Å². The average Bonchev–Trinajstić information content (AvgIpc) is 3.40. The molecule has 5 rings (SSSR count). The third-order valence-corrected chi connectivity index (χ3v) is 5.38. The summed E-state index contributed by atoms with van der Waals surface area (Å²) < 4.78 is 15.7. The minimum atomic E-state index is -0.625. The molecule has 1 fully saturated rings. The number of esters is 1. The van der Waals surface area contributed by atoms with Gasteiger partial charge in [-0.1, -0.05) is 0 Å². The maximum Gasteiger partial charge on any atom is 0.338 e. The standard InChI is InChI=1S/C21H18N2O6/c24-17(12-4-6-18-19(9-12)29-11-28-18)10-27-21(26)13-3-5-15-14(8-13)22-20(25)16-2-1-7-23(15)16/h3-6,8-9,16H,1-2,7,10-11H2,(H,22,25)/t16-/m1/s1. The smallest absolute Gasteiger partial charge is 0.338 e. The molecule has 0 aliphatic carbocycles. The zero-order valence-corrected chi connectivity index (χ0v) is 15.5. The quantitative estimate of drug-likeness (QED) is 0.628. The number of ketones is 1. The first-order chi connectivity index (χ1) is 14.1. The number of Topliss-reactive ketones (excluding diaryl/α,β-unsaturated/α-hetero) is 1. The number of carbonyl (C=O) groups excluding carboxylic acids is 3. The number of nitrogens with zero attached hydrogens (tertiary/aromatic N) is 1. The number of ether oxygens (including phenoxy) is 3. The number of amides is 1. The molecule has 29 heavy (non-hydrogen) atoms. The molecule has 1 saturated heterocycles. The Morgan fingerprint density at radius 1 is 1.10 bits per heavy atom. The van der Waals surface area contributed by atoms with Crippen molar-refractivity contribution in [2.45, 2.75) is 18.9 Å². The zero-order chi connectivity index (χ0) is 20.0. The molecule has 8 nitrogen and oxygen atoms in total. The molecule has 2 aromatic carbocycles. The summed E-state index contributed by atoms with van der Waals surface area (Å²) in [6, 6.07) is 9.73. The van der Waals surface area contributed by atoms with E-state index in [2.05, 4.69) is 10.2 Å². The number of rotatable bonds is 4. The fourth-order valence-electron chi connectivity index (χ4n) is 3.92. The van der Waals surface area contributed by atoms with E-state index in [1.807, 2.05) is 6.07 Å². The van der Waals surface area contributed by atoms with Gasteiger partial charge in [-0.2, -0.15) is 0 Å². The minimum Gasteiger partial charge on any atom is -0.454 e. The van der Waals surface area contributed by atoms with Gasteiger partial charge in [0.1, 0.15) is 6.04 Å². The van der Waals surface area contributed by atoms with E-state index in [4.69, 9.17) is 14.2 Å². The lowest BCUT2D eigenvalue weighted by molar-refractivity contribution is -0.117. The molecule has 0 saturated carbocycles. The summed E-state index contributed by atoms with van der Waals surface area (Å²) in [5.74, 6) is 0.0451. The van der Waals surface area contributed by atoms with Crippen LogP contribution in [0.1, 0.15) is 33.6 Å². The van der Waals surface area contributed by atoms with Gasteiger partial charge in [-0.25, -0.2) is 4.79 Å². The molecule has 3 aliphatic rings. The molecule has 1 atom stereocenters. The second-order valence-electron chi connectivity index (χ2n) is 7.14. The van der Waals surface area contributed by atoms with Crippen LogP contribution in [0.2, 0.25) is 0 Å². The maximum absolute atomic E-state index is 12.4. The number of hydrogen-bond donors (Lipinski definition) is 1. The van der Waals surface area contributed by atoms with E-state index >= 15 is 0 Å². The molecule has 8 heteroatoms. The molecule has 1 N–H and O–H groups in total. The molecule has 3 aliphatic heterocycles. The summed E-state index contributed by atoms with van der Waals surface area (Å²) in [5, 5.41) is 2.86. The lowest BCUT2D eigenvalue weighted by atomic mass is 10.1. The van der Waals surface area contributed by atoms with Crippen LogP contribution >= 0.6 is 0 Å². The Balaban J connectivity index is 1.27. The lowest BCUT2D eigenvalue weighted by Gasteiger charge is -2.33. The van der Waals surface area contributed by atoms with E-state index in [-0.39, 0.29) is 30.1 Å². The topological polar surface area (TPSA) is 94.2 Å². The Morgan fingerprint density at radius 2 is 1.93 bits per heavy atom. The number of fused-ring (bicyclic) bond motifs is 4. The van der Waals surface area contributed by atoms with Crippen LogP contribution in [0.3, 0.4) is 0 Å². The number of anilines is 2. The van der Waals surface area contributed by atoms with E-state index in [1.54, 1.807) is 30.3 Å². The highest BCUT2D eigenvalue weighted by molar-refractivity contribution is 6.06. The van der Waals surface area contributed by atoms with Gasteiger partial charge in [-0.05, 0) is 49.2 Å². The number of carbonyl (C=O) groups is 3. The van der Waals surface area contributed by atoms with E-state index < -0.39 is 12.6 Å². The summed E-state index contributed by atoms with van der Waals surface area (Å²) >= 11 is 0. The molecule has 0 radical (unpaired) electrons. The predicted octanol–water partition coefficient (Wildman–Crippen LogP) is 2.38.